The Kier molecular flexibility index (Phi) is 7.55. The van der Waals surface area contributed by atoms with Crippen molar-refractivity contribution in [1.82, 2.24) is 0 Å². The molecule has 0 spiro atoms. The summed E-state index contributed by atoms with van der Waals surface area (Å²) in [5, 5.41) is 3.54. The molecule has 24 heavy (non-hydrogen) atoms. The zero-order valence-corrected chi connectivity index (χ0v) is 18.5. The molecule has 0 bridgehead atoms. The van der Waals surface area contributed by atoms with Crippen LogP contribution in [0.1, 0.15) is 51.4 Å². The lowest BCUT2D eigenvalue weighted by Gasteiger charge is -2.24. The molecule has 2 rings (SSSR count). The minimum absolute atomic E-state index is 1.09. The third kappa shape index (κ3) is 6.04. The summed E-state index contributed by atoms with van der Waals surface area (Å²) in [5.74, 6) is 0. The molecule has 2 aliphatic rings. The van der Waals surface area contributed by atoms with E-state index in [1.54, 1.807) is 10.4 Å². The molecule has 0 N–H and O–H groups in total. The van der Waals surface area contributed by atoms with Crippen molar-refractivity contribution in [2.24, 2.45) is 0 Å². The van der Waals surface area contributed by atoms with E-state index in [2.05, 4.69) is 62.6 Å². The van der Waals surface area contributed by atoms with Gasteiger partial charge in [0.2, 0.25) is 0 Å². The number of allylic oxidation sites excluding steroid dienone is 8. The molecular formula is C22H38Si2. The molecule has 0 heterocycles. The van der Waals surface area contributed by atoms with Gasteiger partial charge < -0.3 is 0 Å². The van der Waals surface area contributed by atoms with Gasteiger partial charge in [0.05, 0.1) is 16.1 Å². The highest BCUT2D eigenvalue weighted by atomic mass is 28.3. The Labute approximate surface area is 152 Å². The molecule has 0 aliphatic heterocycles. The van der Waals surface area contributed by atoms with Crippen LogP contribution in [0, 0.1) is 0 Å². The minimum Gasteiger partial charge on any atom is -0.0809 e. The monoisotopic (exact) mass is 358 g/mol. The highest BCUT2D eigenvalue weighted by Crippen LogP contribution is 2.30. The summed E-state index contributed by atoms with van der Waals surface area (Å²) in [6, 6.07) is 2.98. The summed E-state index contributed by atoms with van der Waals surface area (Å²) in [7, 11) is -2.19. The van der Waals surface area contributed by atoms with E-state index in [1.165, 1.54) is 63.5 Å². The fourth-order valence-corrected chi connectivity index (χ4v) is 9.41. The van der Waals surface area contributed by atoms with E-state index in [9.17, 15) is 0 Å². The van der Waals surface area contributed by atoms with Gasteiger partial charge in [0.25, 0.3) is 0 Å². The summed E-state index contributed by atoms with van der Waals surface area (Å²) in [6.07, 6.45) is 25.2. The van der Waals surface area contributed by atoms with Gasteiger partial charge in [-0.15, -0.1) is 0 Å². The third-order valence-electron chi connectivity index (χ3n) is 6.13. The second kappa shape index (κ2) is 9.19. The first kappa shape index (κ1) is 19.7. The van der Waals surface area contributed by atoms with Crippen LogP contribution in [-0.4, -0.2) is 16.1 Å². The molecule has 0 fully saturated rings. The Morgan fingerprint density at radius 1 is 0.625 bits per heavy atom. The number of rotatable bonds is 11. The van der Waals surface area contributed by atoms with Gasteiger partial charge in [-0.2, -0.15) is 0 Å². The topological polar surface area (TPSA) is 0 Å². The van der Waals surface area contributed by atoms with Crippen LogP contribution in [0.15, 0.2) is 46.8 Å². The smallest absolute Gasteiger partial charge is 0.0758 e. The predicted molar refractivity (Wildman–Crippen MR) is 116 cm³/mol. The highest BCUT2D eigenvalue weighted by molar-refractivity contribution is 6.84. The first-order valence-corrected chi connectivity index (χ1v) is 16.6. The van der Waals surface area contributed by atoms with E-state index in [0.717, 1.165) is 0 Å². The van der Waals surface area contributed by atoms with E-state index < -0.39 is 16.1 Å². The lowest BCUT2D eigenvalue weighted by Crippen LogP contribution is -2.28. The van der Waals surface area contributed by atoms with Crippen LogP contribution in [0.25, 0.3) is 0 Å². The Hall–Kier alpha value is -0.606. The average Bonchev–Trinajstić information content (AvgIpc) is 3.23. The van der Waals surface area contributed by atoms with Gasteiger partial charge in [0.1, 0.15) is 0 Å². The van der Waals surface area contributed by atoms with Crippen LogP contribution in [-0.2, 0) is 0 Å². The van der Waals surface area contributed by atoms with E-state index in [-0.39, 0.29) is 0 Å². The molecule has 0 unspecified atom stereocenters. The molecule has 0 saturated heterocycles. The van der Waals surface area contributed by atoms with E-state index >= 15 is 0 Å². The minimum atomic E-state index is -1.09. The first-order valence-electron chi connectivity index (χ1n) is 10.1. The molecule has 2 aliphatic carbocycles. The fourth-order valence-electron chi connectivity index (χ4n) is 4.06. The number of hydrogen-bond acceptors (Lipinski definition) is 0. The fraction of sp³-hybridized carbons (Fsp3) is 0.636. The van der Waals surface area contributed by atoms with Crippen molar-refractivity contribution in [1.29, 1.82) is 0 Å². The highest BCUT2D eigenvalue weighted by Gasteiger charge is 2.26. The Bertz CT molecular complexity index is 470. The van der Waals surface area contributed by atoms with Crippen molar-refractivity contribution in [3.05, 3.63) is 46.8 Å². The molecule has 0 radical (unpaired) electrons. The number of unbranched alkanes of at least 4 members (excludes halogenated alkanes) is 5. The van der Waals surface area contributed by atoms with Crippen LogP contribution < -0.4 is 0 Å². The van der Waals surface area contributed by atoms with Crippen LogP contribution in [0.5, 0.6) is 0 Å². The quantitative estimate of drug-likeness (QED) is 0.263. The first-order chi connectivity index (χ1) is 11.4. The molecule has 0 aromatic carbocycles. The summed E-state index contributed by atoms with van der Waals surface area (Å²) in [4.78, 5) is 0. The average molecular weight is 359 g/mol. The van der Waals surface area contributed by atoms with Gasteiger partial charge >= 0.3 is 0 Å². The molecule has 0 nitrogen and oxygen atoms in total. The standard InChI is InChI=1S/C22H38Si2/c1-23(2,21-15-9-10-16-21)19-13-7-5-6-8-14-20-24(3,4)22-17-11-12-18-22/h9-12,15,17H,5-8,13-14,16,18-20H2,1-4H3. The van der Waals surface area contributed by atoms with Gasteiger partial charge in [-0.1, -0.05) is 124 Å². The van der Waals surface area contributed by atoms with Gasteiger partial charge in [0, 0.05) is 0 Å². The van der Waals surface area contributed by atoms with Crippen LogP contribution in [0.4, 0.5) is 0 Å². The van der Waals surface area contributed by atoms with E-state index in [0.29, 0.717) is 0 Å². The van der Waals surface area contributed by atoms with Crippen molar-refractivity contribution in [2.75, 3.05) is 0 Å². The van der Waals surface area contributed by atoms with Crippen molar-refractivity contribution < 1.29 is 0 Å². The Morgan fingerprint density at radius 2 is 1.00 bits per heavy atom. The Balaban J connectivity index is 1.50. The van der Waals surface area contributed by atoms with E-state index in [1.807, 2.05) is 0 Å². The third-order valence-corrected chi connectivity index (χ3v) is 13.6. The molecule has 0 aromatic rings. The summed E-state index contributed by atoms with van der Waals surface area (Å²) >= 11 is 0. The SMILES string of the molecule is C[Si](C)(CCCCCCCC[Si](C)(C)C1=CC=CC1)C1=CC=CC1. The number of hydrogen-bond donors (Lipinski definition) is 0. The van der Waals surface area contributed by atoms with Crippen molar-refractivity contribution in [2.45, 2.75) is 89.6 Å². The zero-order valence-electron chi connectivity index (χ0n) is 16.5. The predicted octanol–water partition coefficient (Wildman–Crippen LogP) is 7.59. The van der Waals surface area contributed by atoms with Gasteiger partial charge in [-0.05, 0) is 12.8 Å². The Morgan fingerprint density at radius 3 is 1.33 bits per heavy atom. The van der Waals surface area contributed by atoms with Crippen molar-refractivity contribution in [3.63, 3.8) is 0 Å². The lowest BCUT2D eigenvalue weighted by molar-refractivity contribution is 0.620. The van der Waals surface area contributed by atoms with Gasteiger partial charge in [-0.25, -0.2) is 0 Å². The van der Waals surface area contributed by atoms with Crippen LogP contribution >= 0.6 is 0 Å². The molecule has 0 saturated carbocycles. The molecule has 0 aromatic heterocycles. The van der Waals surface area contributed by atoms with Crippen LogP contribution in [0.3, 0.4) is 0 Å². The summed E-state index contributed by atoms with van der Waals surface area (Å²) in [5.41, 5.74) is 0. The largest absolute Gasteiger partial charge is 0.0809 e. The molecule has 2 heteroatoms. The van der Waals surface area contributed by atoms with E-state index in [4.69, 9.17) is 0 Å². The van der Waals surface area contributed by atoms with Gasteiger partial charge in [-0.3, -0.25) is 0 Å². The second-order valence-corrected chi connectivity index (χ2v) is 18.9. The molecular weight excluding hydrogens is 320 g/mol. The lowest BCUT2D eigenvalue weighted by atomic mass is 10.1. The maximum absolute atomic E-state index is 2.56. The van der Waals surface area contributed by atoms with Crippen molar-refractivity contribution in [3.8, 4) is 0 Å². The summed E-state index contributed by atoms with van der Waals surface area (Å²) in [6.45, 7) is 10.2. The van der Waals surface area contributed by atoms with Crippen LogP contribution in [0.2, 0.25) is 38.3 Å². The van der Waals surface area contributed by atoms with Crippen molar-refractivity contribution >= 4 is 16.1 Å². The van der Waals surface area contributed by atoms with Gasteiger partial charge in [0.15, 0.2) is 0 Å². The normalized spacial score (nSPS) is 17.5. The second-order valence-electron chi connectivity index (χ2n) is 9.04. The molecule has 0 amide bonds. The zero-order chi connectivity index (χ0) is 17.5. The molecule has 0 atom stereocenters. The maximum Gasteiger partial charge on any atom is 0.0758 e. The summed E-state index contributed by atoms with van der Waals surface area (Å²) < 4.78 is 0. The maximum atomic E-state index is 2.56. The molecule has 134 valence electrons.